The van der Waals surface area contributed by atoms with Crippen molar-refractivity contribution in [3.63, 3.8) is 0 Å². The molecule has 0 saturated carbocycles. The summed E-state index contributed by atoms with van der Waals surface area (Å²) in [4.78, 5) is 27.0. The maximum Gasteiger partial charge on any atom is 0.229 e. The lowest BCUT2D eigenvalue weighted by atomic mass is 10.1. The molecule has 134 valence electrons. The third-order valence-electron chi connectivity index (χ3n) is 5.53. The summed E-state index contributed by atoms with van der Waals surface area (Å²) in [7, 11) is 0. The number of aryl methyl sites for hydroxylation is 3. The third-order valence-corrected chi connectivity index (χ3v) is 5.53. The largest absolute Gasteiger partial charge is 0.326 e. The van der Waals surface area contributed by atoms with Gasteiger partial charge in [-0.05, 0) is 60.6 Å². The summed E-state index contributed by atoms with van der Waals surface area (Å²) >= 11 is 0. The quantitative estimate of drug-likeness (QED) is 0.915. The number of para-hydroxylation sites is 1. The smallest absolute Gasteiger partial charge is 0.229 e. The molecule has 0 bridgehead atoms. The highest BCUT2D eigenvalue weighted by molar-refractivity contribution is 6.03. The zero-order valence-corrected chi connectivity index (χ0v) is 15.1. The highest BCUT2D eigenvalue weighted by Gasteiger charge is 2.35. The van der Waals surface area contributed by atoms with Gasteiger partial charge >= 0.3 is 0 Å². The van der Waals surface area contributed by atoms with Crippen LogP contribution in [0.5, 0.6) is 0 Å². The van der Waals surface area contributed by atoms with Crippen LogP contribution in [0.4, 0.5) is 11.4 Å². The number of carbonyl (C=O) groups is 2. The van der Waals surface area contributed by atoms with Crippen molar-refractivity contribution in [1.29, 1.82) is 0 Å². The standard InChI is InChI=1S/C22H24N2O2/c1-2-15-6-3-4-9-20(15)24-14-18(13-21(24)25)22(26)23-19-11-10-16-7-5-8-17(16)12-19/h3-4,6,9-12,18H,2,5,7-8,13-14H2,1H3,(H,23,26). The topological polar surface area (TPSA) is 49.4 Å². The van der Waals surface area contributed by atoms with Gasteiger partial charge < -0.3 is 10.2 Å². The van der Waals surface area contributed by atoms with E-state index in [-0.39, 0.29) is 24.2 Å². The van der Waals surface area contributed by atoms with Crippen LogP contribution in [-0.4, -0.2) is 18.4 Å². The molecule has 1 saturated heterocycles. The first-order valence-electron chi connectivity index (χ1n) is 9.46. The molecule has 2 aromatic carbocycles. The van der Waals surface area contributed by atoms with Crippen LogP contribution in [0.25, 0.3) is 0 Å². The summed E-state index contributed by atoms with van der Waals surface area (Å²) in [5.74, 6) is -0.339. The molecule has 1 heterocycles. The Balaban J connectivity index is 1.47. The monoisotopic (exact) mass is 348 g/mol. The molecule has 0 aromatic heterocycles. The first-order chi connectivity index (χ1) is 12.7. The third kappa shape index (κ3) is 3.12. The Morgan fingerprint density at radius 3 is 2.81 bits per heavy atom. The summed E-state index contributed by atoms with van der Waals surface area (Å²) in [5.41, 5.74) is 5.65. The Labute approximate surface area is 154 Å². The summed E-state index contributed by atoms with van der Waals surface area (Å²) in [6.45, 7) is 2.53. The van der Waals surface area contributed by atoms with Gasteiger partial charge in [0.2, 0.25) is 11.8 Å². The molecule has 1 N–H and O–H groups in total. The fraction of sp³-hybridized carbons (Fsp3) is 0.364. The van der Waals surface area contributed by atoms with Gasteiger partial charge in [0.05, 0.1) is 5.92 Å². The molecular weight excluding hydrogens is 324 g/mol. The van der Waals surface area contributed by atoms with Gasteiger partial charge in [-0.25, -0.2) is 0 Å². The van der Waals surface area contributed by atoms with E-state index < -0.39 is 0 Å². The van der Waals surface area contributed by atoms with Crippen molar-refractivity contribution in [3.8, 4) is 0 Å². The van der Waals surface area contributed by atoms with E-state index in [1.165, 1.54) is 17.5 Å². The van der Waals surface area contributed by atoms with Crippen LogP contribution in [0.15, 0.2) is 42.5 Å². The zero-order chi connectivity index (χ0) is 18.1. The lowest BCUT2D eigenvalue weighted by Crippen LogP contribution is -2.28. The average Bonchev–Trinajstić information content (AvgIpc) is 3.27. The predicted molar refractivity (Wildman–Crippen MR) is 103 cm³/mol. The fourth-order valence-electron chi connectivity index (χ4n) is 4.08. The number of rotatable bonds is 4. The molecule has 26 heavy (non-hydrogen) atoms. The maximum atomic E-state index is 12.7. The SMILES string of the molecule is CCc1ccccc1N1CC(C(=O)Nc2ccc3c(c2)CCC3)CC1=O. The van der Waals surface area contributed by atoms with Crippen molar-refractivity contribution < 1.29 is 9.59 Å². The zero-order valence-electron chi connectivity index (χ0n) is 15.1. The summed E-state index contributed by atoms with van der Waals surface area (Å²) in [5, 5.41) is 3.02. The second-order valence-electron chi connectivity index (χ2n) is 7.21. The number of nitrogens with one attached hydrogen (secondary N) is 1. The van der Waals surface area contributed by atoms with Gasteiger partial charge in [-0.15, -0.1) is 0 Å². The van der Waals surface area contributed by atoms with Crippen molar-refractivity contribution in [2.24, 2.45) is 5.92 Å². The Hall–Kier alpha value is -2.62. The molecule has 4 nitrogen and oxygen atoms in total. The molecule has 1 aliphatic carbocycles. The van der Waals surface area contributed by atoms with E-state index in [0.29, 0.717) is 6.54 Å². The van der Waals surface area contributed by atoms with Crippen LogP contribution in [0, 0.1) is 5.92 Å². The molecular formula is C22H24N2O2. The molecule has 1 atom stereocenters. The minimum atomic E-state index is -0.305. The highest BCUT2D eigenvalue weighted by Crippen LogP contribution is 2.30. The molecule has 0 spiro atoms. The number of hydrogen-bond donors (Lipinski definition) is 1. The van der Waals surface area contributed by atoms with Crippen LogP contribution < -0.4 is 10.2 Å². The lowest BCUT2D eigenvalue weighted by Gasteiger charge is -2.20. The molecule has 0 radical (unpaired) electrons. The van der Waals surface area contributed by atoms with Gasteiger partial charge in [0.25, 0.3) is 0 Å². The Bertz CT molecular complexity index is 859. The summed E-state index contributed by atoms with van der Waals surface area (Å²) < 4.78 is 0. The maximum absolute atomic E-state index is 12.7. The number of nitrogens with zero attached hydrogens (tertiary/aromatic N) is 1. The van der Waals surface area contributed by atoms with Gasteiger partial charge in [0.15, 0.2) is 0 Å². The normalized spacial score (nSPS) is 18.9. The van der Waals surface area contributed by atoms with Gasteiger partial charge in [0, 0.05) is 24.3 Å². The van der Waals surface area contributed by atoms with Crippen molar-refractivity contribution in [1.82, 2.24) is 0 Å². The van der Waals surface area contributed by atoms with E-state index in [0.717, 1.165) is 36.2 Å². The Morgan fingerprint density at radius 2 is 1.96 bits per heavy atom. The predicted octanol–water partition coefficient (Wildman–Crippen LogP) is 3.73. The second kappa shape index (κ2) is 6.94. The number of fused-ring (bicyclic) bond motifs is 1. The van der Waals surface area contributed by atoms with E-state index in [4.69, 9.17) is 0 Å². The van der Waals surface area contributed by atoms with Gasteiger partial charge in [-0.3, -0.25) is 9.59 Å². The van der Waals surface area contributed by atoms with Gasteiger partial charge in [-0.2, -0.15) is 0 Å². The average molecular weight is 348 g/mol. The minimum absolute atomic E-state index is 0.0278. The van der Waals surface area contributed by atoms with Crippen molar-refractivity contribution in [2.45, 2.75) is 39.0 Å². The summed E-state index contributed by atoms with van der Waals surface area (Å²) in [6.07, 6.45) is 4.55. The van der Waals surface area contributed by atoms with E-state index in [1.54, 1.807) is 4.90 Å². The first kappa shape index (κ1) is 16.8. The lowest BCUT2D eigenvalue weighted by molar-refractivity contribution is -0.122. The van der Waals surface area contributed by atoms with E-state index in [1.807, 2.05) is 30.3 Å². The minimum Gasteiger partial charge on any atom is -0.326 e. The number of benzene rings is 2. The molecule has 2 aromatic rings. The van der Waals surface area contributed by atoms with Crippen LogP contribution in [0.3, 0.4) is 0 Å². The van der Waals surface area contributed by atoms with E-state index >= 15 is 0 Å². The van der Waals surface area contributed by atoms with Crippen molar-refractivity contribution in [3.05, 3.63) is 59.2 Å². The molecule has 1 unspecified atom stereocenters. The molecule has 4 rings (SSSR count). The van der Waals surface area contributed by atoms with Crippen molar-refractivity contribution >= 4 is 23.2 Å². The first-order valence-corrected chi connectivity index (χ1v) is 9.46. The highest BCUT2D eigenvalue weighted by atomic mass is 16.2. The Morgan fingerprint density at radius 1 is 1.15 bits per heavy atom. The molecule has 4 heteroatoms. The van der Waals surface area contributed by atoms with E-state index in [9.17, 15) is 9.59 Å². The van der Waals surface area contributed by atoms with Crippen LogP contribution >= 0.6 is 0 Å². The van der Waals surface area contributed by atoms with Crippen LogP contribution in [-0.2, 0) is 28.9 Å². The molecule has 1 fully saturated rings. The Kier molecular flexibility index (Phi) is 4.49. The van der Waals surface area contributed by atoms with Crippen molar-refractivity contribution in [2.75, 3.05) is 16.8 Å². The van der Waals surface area contributed by atoms with Crippen LogP contribution in [0.2, 0.25) is 0 Å². The summed E-state index contributed by atoms with van der Waals surface area (Å²) in [6, 6.07) is 14.1. The van der Waals surface area contributed by atoms with E-state index in [2.05, 4.69) is 24.4 Å². The van der Waals surface area contributed by atoms with Crippen LogP contribution in [0.1, 0.15) is 36.5 Å². The second-order valence-corrected chi connectivity index (χ2v) is 7.21. The van der Waals surface area contributed by atoms with Gasteiger partial charge in [-0.1, -0.05) is 31.2 Å². The number of anilines is 2. The number of hydrogen-bond acceptors (Lipinski definition) is 2. The number of carbonyl (C=O) groups excluding carboxylic acids is 2. The number of amides is 2. The molecule has 2 amide bonds. The fourth-order valence-corrected chi connectivity index (χ4v) is 4.08. The molecule has 1 aliphatic heterocycles. The van der Waals surface area contributed by atoms with Gasteiger partial charge in [0.1, 0.15) is 0 Å². The molecule has 2 aliphatic rings.